The molecule has 2 heterocycles. The first-order valence-corrected chi connectivity index (χ1v) is 10.1. The van der Waals surface area contributed by atoms with Crippen LogP contribution in [0.15, 0.2) is 57.8 Å². The standard InChI is InChI=1S/C21H17F3N2O3S/c1-11(16-8-12-4-2-3-5-15(12)29-16)25-19(27)10-18-20(28)26-14-9-13(21(22,23)24)6-7-17(14)30-18/h2-9,11,18H,10H2,1H3,(H,25,27)(H,26,28)/t11-,18+/m1/s1. The van der Waals surface area contributed by atoms with E-state index in [4.69, 9.17) is 4.42 Å². The predicted octanol–water partition coefficient (Wildman–Crippen LogP) is 5.13. The second-order valence-corrected chi connectivity index (χ2v) is 8.23. The fraction of sp³-hybridized carbons (Fsp3) is 0.238. The molecule has 0 bridgehead atoms. The van der Waals surface area contributed by atoms with Crippen molar-refractivity contribution in [2.24, 2.45) is 0 Å². The summed E-state index contributed by atoms with van der Waals surface area (Å²) < 4.78 is 44.3. The van der Waals surface area contributed by atoms with Crippen LogP contribution in [-0.4, -0.2) is 17.1 Å². The van der Waals surface area contributed by atoms with Crippen LogP contribution in [-0.2, 0) is 15.8 Å². The molecule has 0 aliphatic carbocycles. The van der Waals surface area contributed by atoms with Gasteiger partial charge in [-0.3, -0.25) is 9.59 Å². The predicted molar refractivity (Wildman–Crippen MR) is 107 cm³/mol. The van der Waals surface area contributed by atoms with Gasteiger partial charge in [-0.15, -0.1) is 11.8 Å². The second-order valence-electron chi connectivity index (χ2n) is 6.98. The summed E-state index contributed by atoms with van der Waals surface area (Å²) in [6.07, 6.45) is -4.60. The van der Waals surface area contributed by atoms with Crippen molar-refractivity contribution in [3.63, 3.8) is 0 Å². The van der Waals surface area contributed by atoms with Gasteiger partial charge in [0.1, 0.15) is 11.3 Å². The summed E-state index contributed by atoms with van der Waals surface area (Å²) >= 11 is 1.08. The zero-order chi connectivity index (χ0) is 21.5. The number of nitrogens with one attached hydrogen (secondary N) is 2. The SMILES string of the molecule is C[C@@H](NC(=O)C[C@@H]1Sc2ccc(C(F)(F)F)cc2NC1=O)c1cc2ccccc2o1. The van der Waals surface area contributed by atoms with Crippen molar-refractivity contribution in [2.75, 3.05) is 5.32 Å². The monoisotopic (exact) mass is 434 g/mol. The molecule has 5 nitrogen and oxygen atoms in total. The van der Waals surface area contributed by atoms with E-state index in [2.05, 4.69) is 10.6 Å². The van der Waals surface area contributed by atoms with Gasteiger partial charge in [0, 0.05) is 16.7 Å². The first-order chi connectivity index (χ1) is 14.2. The number of carbonyl (C=O) groups is 2. The van der Waals surface area contributed by atoms with E-state index < -0.39 is 28.9 Å². The summed E-state index contributed by atoms with van der Waals surface area (Å²) in [7, 11) is 0. The highest BCUT2D eigenvalue weighted by molar-refractivity contribution is 8.01. The highest BCUT2D eigenvalue weighted by atomic mass is 32.2. The second kappa shape index (κ2) is 7.71. The van der Waals surface area contributed by atoms with Crippen LogP contribution in [0.3, 0.4) is 0 Å². The molecular formula is C21H17F3N2O3S. The van der Waals surface area contributed by atoms with Crippen molar-refractivity contribution in [1.29, 1.82) is 0 Å². The maximum atomic E-state index is 12.9. The lowest BCUT2D eigenvalue weighted by atomic mass is 10.1. The van der Waals surface area contributed by atoms with Gasteiger partial charge in [0.05, 0.1) is 22.5 Å². The lowest BCUT2D eigenvalue weighted by Gasteiger charge is -2.25. The normalized spacial score (nSPS) is 17.3. The van der Waals surface area contributed by atoms with Gasteiger partial charge >= 0.3 is 6.18 Å². The maximum Gasteiger partial charge on any atom is 0.416 e. The maximum absolute atomic E-state index is 12.9. The Hall–Kier alpha value is -2.94. The average molecular weight is 434 g/mol. The summed E-state index contributed by atoms with van der Waals surface area (Å²) in [4.78, 5) is 25.3. The van der Waals surface area contributed by atoms with E-state index in [0.29, 0.717) is 16.2 Å². The number of rotatable bonds is 4. The number of amides is 2. The van der Waals surface area contributed by atoms with Crippen molar-refractivity contribution < 1.29 is 27.2 Å². The minimum Gasteiger partial charge on any atom is -0.459 e. The number of thioether (sulfide) groups is 1. The van der Waals surface area contributed by atoms with Gasteiger partial charge in [0.15, 0.2) is 0 Å². The number of alkyl halides is 3. The number of hydrogen-bond donors (Lipinski definition) is 2. The van der Waals surface area contributed by atoms with Gasteiger partial charge in [0.2, 0.25) is 11.8 Å². The van der Waals surface area contributed by atoms with Crippen LogP contribution in [0.2, 0.25) is 0 Å². The molecule has 0 saturated carbocycles. The Kier molecular flexibility index (Phi) is 5.23. The molecule has 9 heteroatoms. The molecular weight excluding hydrogens is 417 g/mol. The molecule has 3 aromatic rings. The van der Waals surface area contributed by atoms with Gasteiger partial charge in [-0.05, 0) is 37.3 Å². The molecule has 2 N–H and O–H groups in total. The van der Waals surface area contributed by atoms with Crippen molar-refractivity contribution in [3.8, 4) is 0 Å². The molecule has 30 heavy (non-hydrogen) atoms. The van der Waals surface area contributed by atoms with E-state index in [0.717, 1.165) is 29.3 Å². The van der Waals surface area contributed by atoms with Crippen LogP contribution in [0.4, 0.5) is 18.9 Å². The van der Waals surface area contributed by atoms with Crippen LogP contribution in [0, 0.1) is 0 Å². The average Bonchev–Trinajstić information content (AvgIpc) is 3.12. The zero-order valence-corrected chi connectivity index (χ0v) is 16.6. The molecule has 156 valence electrons. The lowest BCUT2D eigenvalue weighted by molar-refractivity contribution is -0.137. The van der Waals surface area contributed by atoms with E-state index in [-0.39, 0.29) is 18.0 Å². The van der Waals surface area contributed by atoms with Crippen molar-refractivity contribution >= 4 is 40.2 Å². The third kappa shape index (κ3) is 4.16. The number of halogens is 3. The summed E-state index contributed by atoms with van der Waals surface area (Å²) in [6.45, 7) is 1.78. The topological polar surface area (TPSA) is 71.3 Å². The summed E-state index contributed by atoms with van der Waals surface area (Å²) in [5, 5.41) is 5.46. The molecule has 2 amide bonds. The number of fused-ring (bicyclic) bond motifs is 2. The Morgan fingerprint density at radius 1 is 1.23 bits per heavy atom. The van der Waals surface area contributed by atoms with E-state index in [1.807, 2.05) is 30.3 Å². The number of benzene rings is 2. The van der Waals surface area contributed by atoms with Gasteiger partial charge < -0.3 is 15.1 Å². The van der Waals surface area contributed by atoms with Crippen LogP contribution in [0.25, 0.3) is 11.0 Å². The Labute approximate surface area is 174 Å². The van der Waals surface area contributed by atoms with Gasteiger partial charge in [0.25, 0.3) is 0 Å². The van der Waals surface area contributed by atoms with Crippen molar-refractivity contribution in [3.05, 3.63) is 59.9 Å². The van der Waals surface area contributed by atoms with Gasteiger partial charge in [-0.1, -0.05) is 18.2 Å². The molecule has 0 unspecified atom stereocenters. The zero-order valence-electron chi connectivity index (χ0n) is 15.7. The van der Waals surface area contributed by atoms with Crippen molar-refractivity contribution in [1.82, 2.24) is 5.32 Å². The van der Waals surface area contributed by atoms with E-state index >= 15 is 0 Å². The smallest absolute Gasteiger partial charge is 0.416 e. The summed E-state index contributed by atoms with van der Waals surface area (Å²) in [6, 6.07) is 12.1. The van der Waals surface area contributed by atoms with E-state index in [1.54, 1.807) is 6.92 Å². The van der Waals surface area contributed by atoms with Gasteiger partial charge in [-0.2, -0.15) is 13.2 Å². The molecule has 2 aromatic carbocycles. The van der Waals surface area contributed by atoms with Gasteiger partial charge in [-0.25, -0.2) is 0 Å². The molecule has 2 atom stereocenters. The van der Waals surface area contributed by atoms with E-state index in [1.165, 1.54) is 6.07 Å². The summed E-state index contributed by atoms with van der Waals surface area (Å²) in [5.41, 5.74) is -0.0178. The number of para-hydroxylation sites is 1. The highest BCUT2D eigenvalue weighted by Crippen LogP contribution is 2.40. The van der Waals surface area contributed by atoms with Crippen LogP contribution >= 0.6 is 11.8 Å². The first kappa shape index (κ1) is 20.3. The Morgan fingerprint density at radius 3 is 2.73 bits per heavy atom. The molecule has 1 aliphatic rings. The number of anilines is 1. The fourth-order valence-corrected chi connectivity index (χ4v) is 4.31. The number of hydrogen-bond acceptors (Lipinski definition) is 4. The summed E-state index contributed by atoms with van der Waals surface area (Å²) in [5.74, 6) is -0.264. The minimum atomic E-state index is -4.49. The molecule has 0 fully saturated rings. The fourth-order valence-electron chi connectivity index (χ4n) is 3.22. The van der Waals surface area contributed by atoms with Crippen LogP contribution in [0.1, 0.15) is 30.7 Å². The third-order valence-electron chi connectivity index (χ3n) is 4.75. The Balaban J connectivity index is 1.41. The molecule has 1 aliphatic heterocycles. The molecule has 0 radical (unpaired) electrons. The Morgan fingerprint density at radius 2 is 2.00 bits per heavy atom. The largest absolute Gasteiger partial charge is 0.459 e. The molecule has 4 rings (SSSR count). The van der Waals surface area contributed by atoms with Crippen LogP contribution < -0.4 is 10.6 Å². The highest BCUT2D eigenvalue weighted by Gasteiger charge is 2.34. The first-order valence-electron chi connectivity index (χ1n) is 9.17. The molecule has 0 spiro atoms. The van der Waals surface area contributed by atoms with Crippen LogP contribution in [0.5, 0.6) is 0 Å². The molecule has 1 aromatic heterocycles. The third-order valence-corrected chi connectivity index (χ3v) is 6.02. The minimum absolute atomic E-state index is 0.104. The van der Waals surface area contributed by atoms with Crippen molar-refractivity contribution in [2.45, 2.75) is 35.7 Å². The Bertz CT molecular complexity index is 1090. The van der Waals surface area contributed by atoms with E-state index in [9.17, 15) is 22.8 Å². The number of furan rings is 1. The number of carbonyl (C=O) groups excluding carboxylic acids is 2. The quantitative estimate of drug-likeness (QED) is 0.597. The molecule has 0 saturated heterocycles. The lowest BCUT2D eigenvalue weighted by Crippen LogP contribution is -2.35.